The first kappa shape index (κ1) is 18.7. The number of hydrogen-bond donors (Lipinski definition) is 1. The minimum absolute atomic E-state index is 0.176. The Bertz CT molecular complexity index is 774. The second kappa shape index (κ2) is 10.3. The Labute approximate surface area is 152 Å². The number of nitrogens with one attached hydrogen (secondary N) is 1. The summed E-state index contributed by atoms with van der Waals surface area (Å²) in [6.07, 6.45) is 4.27. The molecular weight excluding hydrogens is 334 g/mol. The standard InChI is InChI=1S/C19H21N3O2S/c1-3-9-15-11-5-6-12-17(15)24-14-8-7-13-20-19(23)18-16(10-4-2)21-22-25-18/h3,5-6,11-12H,1,4,9-10,13-14H2,2H3,(H,20,23). The summed E-state index contributed by atoms with van der Waals surface area (Å²) in [5, 5.41) is 6.75. The van der Waals surface area contributed by atoms with Gasteiger partial charge in [0.2, 0.25) is 0 Å². The van der Waals surface area contributed by atoms with Crippen molar-refractivity contribution in [3.05, 3.63) is 53.1 Å². The predicted molar refractivity (Wildman–Crippen MR) is 99.9 cm³/mol. The Morgan fingerprint density at radius 3 is 3.04 bits per heavy atom. The van der Waals surface area contributed by atoms with Crippen LogP contribution in [0.4, 0.5) is 0 Å². The number of carbonyl (C=O) groups excluding carboxylic acids is 1. The monoisotopic (exact) mass is 355 g/mol. The fraction of sp³-hybridized carbons (Fsp3) is 0.316. The highest BCUT2D eigenvalue weighted by Crippen LogP contribution is 2.18. The number of benzene rings is 1. The normalized spacial score (nSPS) is 9.80. The maximum Gasteiger partial charge on any atom is 0.265 e. The minimum atomic E-state index is -0.176. The van der Waals surface area contributed by atoms with Crippen molar-refractivity contribution in [3.63, 3.8) is 0 Å². The molecule has 130 valence electrons. The van der Waals surface area contributed by atoms with E-state index in [1.807, 2.05) is 37.3 Å². The summed E-state index contributed by atoms with van der Waals surface area (Å²) in [5.74, 6) is 6.42. The fourth-order valence-corrected chi connectivity index (χ4v) is 2.81. The van der Waals surface area contributed by atoms with Gasteiger partial charge >= 0.3 is 0 Å². The third-order valence-corrected chi connectivity index (χ3v) is 4.11. The first-order valence-corrected chi connectivity index (χ1v) is 8.90. The van der Waals surface area contributed by atoms with E-state index in [4.69, 9.17) is 4.74 Å². The molecule has 1 N–H and O–H groups in total. The molecule has 2 rings (SSSR count). The van der Waals surface area contributed by atoms with Gasteiger partial charge in [0.1, 0.15) is 17.2 Å². The van der Waals surface area contributed by atoms with Crippen LogP contribution < -0.4 is 10.1 Å². The number of nitrogens with zero attached hydrogens (tertiary/aromatic N) is 2. The van der Waals surface area contributed by atoms with E-state index in [0.29, 0.717) is 4.88 Å². The number of ether oxygens (including phenoxy) is 1. The van der Waals surface area contributed by atoms with Crippen LogP contribution in [0.3, 0.4) is 0 Å². The lowest BCUT2D eigenvalue weighted by molar-refractivity contribution is 0.0961. The van der Waals surface area contributed by atoms with E-state index in [2.05, 4.69) is 33.3 Å². The molecule has 0 aliphatic heterocycles. The molecule has 0 spiro atoms. The lowest BCUT2D eigenvalue weighted by atomic mass is 10.1. The average Bonchev–Trinajstić information content (AvgIpc) is 3.08. The second-order valence-electron chi connectivity index (χ2n) is 5.22. The summed E-state index contributed by atoms with van der Waals surface area (Å²) in [6.45, 7) is 6.32. The minimum Gasteiger partial charge on any atom is -0.481 e. The maximum atomic E-state index is 12.1. The van der Waals surface area contributed by atoms with Gasteiger partial charge in [-0.15, -0.1) is 11.7 Å². The van der Waals surface area contributed by atoms with Gasteiger partial charge in [0.05, 0.1) is 12.2 Å². The molecule has 0 unspecified atom stereocenters. The molecule has 6 heteroatoms. The van der Waals surface area contributed by atoms with Crippen LogP contribution in [-0.2, 0) is 12.8 Å². The van der Waals surface area contributed by atoms with E-state index in [1.165, 1.54) is 0 Å². The summed E-state index contributed by atoms with van der Waals surface area (Å²) >= 11 is 1.12. The molecule has 0 fully saturated rings. The third-order valence-electron chi connectivity index (χ3n) is 3.35. The average molecular weight is 355 g/mol. The molecule has 25 heavy (non-hydrogen) atoms. The van der Waals surface area contributed by atoms with E-state index < -0.39 is 0 Å². The van der Waals surface area contributed by atoms with Crippen LogP contribution in [0.25, 0.3) is 0 Å². The van der Waals surface area contributed by atoms with Gasteiger partial charge in [-0.25, -0.2) is 0 Å². The molecule has 0 aliphatic carbocycles. The van der Waals surface area contributed by atoms with Gasteiger partial charge in [-0.05, 0) is 36.0 Å². The molecule has 5 nitrogen and oxygen atoms in total. The Morgan fingerprint density at radius 2 is 2.24 bits per heavy atom. The second-order valence-corrected chi connectivity index (χ2v) is 5.98. The zero-order valence-corrected chi connectivity index (χ0v) is 15.1. The van der Waals surface area contributed by atoms with Crippen molar-refractivity contribution in [2.45, 2.75) is 26.2 Å². The van der Waals surface area contributed by atoms with E-state index in [-0.39, 0.29) is 19.1 Å². The van der Waals surface area contributed by atoms with Crippen LogP contribution in [0.5, 0.6) is 5.75 Å². The van der Waals surface area contributed by atoms with E-state index in [1.54, 1.807) is 0 Å². The van der Waals surface area contributed by atoms with Gasteiger partial charge < -0.3 is 10.1 Å². The molecule has 1 aromatic carbocycles. The van der Waals surface area contributed by atoms with Gasteiger partial charge in [-0.3, -0.25) is 4.79 Å². The van der Waals surface area contributed by atoms with Crippen molar-refractivity contribution in [2.24, 2.45) is 0 Å². The molecule has 1 heterocycles. The Morgan fingerprint density at radius 1 is 1.40 bits per heavy atom. The van der Waals surface area contributed by atoms with Gasteiger partial charge in [0.25, 0.3) is 5.91 Å². The molecule has 1 aromatic heterocycles. The molecule has 0 atom stereocenters. The van der Waals surface area contributed by atoms with Crippen molar-refractivity contribution in [2.75, 3.05) is 13.2 Å². The van der Waals surface area contributed by atoms with Crippen LogP contribution in [0.15, 0.2) is 36.9 Å². The van der Waals surface area contributed by atoms with Crippen molar-refractivity contribution >= 4 is 17.4 Å². The van der Waals surface area contributed by atoms with Gasteiger partial charge in [0, 0.05) is 0 Å². The molecule has 0 saturated heterocycles. The fourth-order valence-electron chi connectivity index (χ4n) is 2.18. The van der Waals surface area contributed by atoms with Gasteiger partial charge in [0.15, 0.2) is 0 Å². The summed E-state index contributed by atoms with van der Waals surface area (Å²) in [6, 6.07) is 7.80. The number of rotatable bonds is 8. The zero-order valence-electron chi connectivity index (χ0n) is 14.2. The van der Waals surface area contributed by atoms with Crippen LogP contribution in [0.2, 0.25) is 0 Å². The van der Waals surface area contributed by atoms with E-state index >= 15 is 0 Å². The highest BCUT2D eigenvalue weighted by molar-refractivity contribution is 7.08. The molecular formula is C19H21N3O2S. The molecule has 0 bridgehead atoms. The molecule has 2 aromatic rings. The van der Waals surface area contributed by atoms with Crippen molar-refractivity contribution < 1.29 is 9.53 Å². The van der Waals surface area contributed by atoms with E-state index in [0.717, 1.165) is 47.8 Å². The van der Waals surface area contributed by atoms with Crippen molar-refractivity contribution in [1.82, 2.24) is 14.9 Å². The first-order valence-electron chi connectivity index (χ1n) is 8.13. The highest BCUT2D eigenvalue weighted by atomic mass is 32.1. The smallest absolute Gasteiger partial charge is 0.265 e. The predicted octanol–water partition coefficient (Wildman–Crippen LogP) is 3.03. The summed E-state index contributed by atoms with van der Waals surface area (Å²) in [7, 11) is 0. The number of amides is 1. The highest BCUT2D eigenvalue weighted by Gasteiger charge is 2.14. The third kappa shape index (κ3) is 5.73. The maximum absolute atomic E-state index is 12.1. The molecule has 0 saturated carbocycles. The quantitative estimate of drug-likeness (QED) is 0.584. The Hall–Kier alpha value is -2.65. The largest absolute Gasteiger partial charge is 0.481 e. The lowest BCUT2D eigenvalue weighted by Gasteiger charge is -2.07. The van der Waals surface area contributed by atoms with Crippen LogP contribution in [-0.4, -0.2) is 28.6 Å². The number of aromatic nitrogens is 2. The number of aryl methyl sites for hydroxylation is 1. The van der Waals surface area contributed by atoms with Gasteiger partial charge in [-0.1, -0.05) is 53.9 Å². The summed E-state index contributed by atoms with van der Waals surface area (Å²) in [4.78, 5) is 12.7. The topological polar surface area (TPSA) is 64.1 Å². The van der Waals surface area contributed by atoms with Crippen molar-refractivity contribution in [1.29, 1.82) is 0 Å². The first-order chi connectivity index (χ1) is 12.3. The number of carbonyl (C=O) groups is 1. The zero-order chi connectivity index (χ0) is 17.9. The number of hydrogen-bond acceptors (Lipinski definition) is 5. The summed E-state index contributed by atoms with van der Waals surface area (Å²) < 4.78 is 9.51. The summed E-state index contributed by atoms with van der Waals surface area (Å²) in [5.41, 5.74) is 1.83. The van der Waals surface area contributed by atoms with Crippen LogP contribution in [0, 0.1) is 11.8 Å². The Kier molecular flexibility index (Phi) is 7.67. The Balaban J connectivity index is 1.79. The van der Waals surface area contributed by atoms with Crippen molar-refractivity contribution in [3.8, 4) is 17.6 Å². The van der Waals surface area contributed by atoms with Gasteiger partial charge in [-0.2, -0.15) is 0 Å². The van der Waals surface area contributed by atoms with E-state index in [9.17, 15) is 4.79 Å². The lowest BCUT2D eigenvalue weighted by Crippen LogP contribution is -2.23. The number of allylic oxidation sites excluding steroid dienone is 1. The molecule has 1 amide bonds. The SMILES string of the molecule is C=CCc1ccccc1OCC#CCNC(=O)c1snnc1CCC. The van der Waals surface area contributed by atoms with Crippen LogP contribution >= 0.6 is 11.5 Å². The molecule has 0 radical (unpaired) electrons. The number of para-hydroxylation sites is 1. The molecule has 0 aliphatic rings. The van der Waals surface area contributed by atoms with Crippen LogP contribution in [0.1, 0.15) is 34.3 Å².